The van der Waals surface area contributed by atoms with E-state index in [1.165, 1.54) is 19.3 Å². The highest BCUT2D eigenvalue weighted by molar-refractivity contribution is 5.83. The van der Waals surface area contributed by atoms with Crippen molar-refractivity contribution in [3.05, 3.63) is 55.0 Å². The Labute approximate surface area is 219 Å². The minimum atomic E-state index is 0.382. The SMILES string of the molecule is COc1cc(OC)cc(N(c2ccc3ncc(-c4cnn(C)c4)nc3c2)C2CCC(CC(C)C)CC2)c1. The summed E-state index contributed by atoms with van der Waals surface area (Å²) >= 11 is 0. The van der Waals surface area contributed by atoms with Crippen LogP contribution in [0.2, 0.25) is 0 Å². The molecule has 2 aromatic heterocycles. The lowest BCUT2D eigenvalue weighted by Crippen LogP contribution is -2.35. The zero-order valence-corrected chi connectivity index (χ0v) is 22.5. The van der Waals surface area contributed by atoms with E-state index in [9.17, 15) is 0 Å². The number of hydrogen-bond acceptors (Lipinski definition) is 6. The van der Waals surface area contributed by atoms with E-state index in [-0.39, 0.29) is 0 Å². The van der Waals surface area contributed by atoms with Crippen LogP contribution >= 0.6 is 0 Å². The van der Waals surface area contributed by atoms with E-state index in [0.29, 0.717) is 6.04 Å². The van der Waals surface area contributed by atoms with Crippen LogP contribution in [0.4, 0.5) is 11.4 Å². The van der Waals surface area contributed by atoms with Crippen LogP contribution in [0, 0.1) is 11.8 Å². The van der Waals surface area contributed by atoms with Crippen molar-refractivity contribution in [2.45, 2.75) is 52.0 Å². The number of methoxy groups -OCH3 is 2. The molecule has 194 valence electrons. The molecule has 0 aliphatic heterocycles. The molecule has 1 aliphatic rings. The molecule has 1 fully saturated rings. The predicted octanol–water partition coefficient (Wildman–Crippen LogP) is 6.79. The van der Waals surface area contributed by atoms with Crippen molar-refractivity contribution < 1.29 is 9.47 Å². The monoisotopic (exact) mass is 499 g/mol. The average molecular weight is 500 g/mol. The van der Waals surface area contributed by atoms with E-state index in [1.807, 2.05) is 31.7 Å². The van der Waals surface area contributed by atoms with E-state index >= 15 is 0 Å². The number of rotatable bonds is 8. The van der Waals surface area contributed by atoms with Crippen LogP contribution in [0.1, 0.15) is 46.0 Å². The number of aryl methyl sites for hydroxylation is 1. The quantitative estimate of drug-likeness (QED) is 0.266. The molecule has 7 nitrogen and oxygen atoms in total. The summed E-state index contributed by atoms with van der Waals surface area (Å²) in [5.41, 5.74) is 5.70. The molecule has 5 rings (SSSR count). The van der Waals surface area contributed by atoms with Gasteiger partial charge in [0.15, 0.2) is 0 Å². The summed E-state index contributed by atoms with van der Waals surface area (Å²) in [5, 5.41) is 4.29. The van der Waals surface area contributed by atoms with Gasteiger partial charge < -0.3 is 14.4 Å². The third-order valence-electron chi connectivity index (χ3n) is 7.41. The Hall–Kier alpha value is -3.61. The number of benzene rings is 2. The van der Waals surface area contributed by atoms with Crippen LogP contribution in [0.25, 0.3) is 22.3 Å². The topological polar surface area (TPSA) is 65.3 Å². The fourth-order valence-electron chi connectivity index (χ4n) is 5.65. The van der Waals surface area contributed by atoms with Crippen LogP contribution < -0.4 is 14.4 Å². The molecule has 0 radical (unpaired) electrons. The minimum absolute atomic E-state index is 0.382. The Bertz CT molecular complexity index is 1340. The third-order valence-corrected chi connectivity index (χ3v) is 7.41. The summed E-state index contributed by atoms with van der Waals surface area (Å²) in [6.45, 7) is 4.66. The molecule has 4 aromatic rings. The largest absolute Gasteiger partial charge is 0.497 e. The second-order valence-corrected chi connectivity index (χ2v) is 10.6. The Morgan fingerprint density at radius 3 is 2.27 bits per heavy atom. The number of hydrogen-bond donors (Lipinski definition) is 0. The summed E-state index contributed by atoms with van der Waals surface area (Å²) in [6, 6.07) is 12.9. The van der Waals surface area contributed by atoms with Gasteiger partial charge in [-0.2, -0.15) is 5.10 Å². The molecule has 37 heavy (non-hydrogen) atoms. The molecular formula is C30H37N5O2. The molecule has 0 amide bonds. The summed E-state index contributed by atoms with van der Waals surface area (Å²) in [5.74, 6) is 3.12. The summed E-state index contributed by atoms with van der Waals surface area (Å²) < 4.78 is 13.0. The number of anilines is 2. The second-order valence-electron chi connectivity index (χ2n) is 10.6. The number of ether oxygens (including phenoxy) is 2. The fraction of sp³-hybridized carbons (Fsp3) is 0.433. The van der Waals surface area contributed by atoms with Crippen LogP contribution in [0.15, 0.2) is 55.0 Å². The second kappa shape index (κ2) is 10.8. The first kappa shape index (κ1) is 25.1. The Balaban J connectivity index is 1.55. The van der Waals surface area contributed by atoms with Crippen LogP contribution in [0.5, 0.6) is 11.5 Å². The fourth-order valence-corrected chi connectivity index (χ4v) is 5.65. The molecule has 2 heterocycles. The van der Waals surface area contributed by atoms with Gasteiger partial charge >= 0.3 is 0 Å². The van der Waals surface area contributed by atoms with Crippen molar-refractivity contribution in [1.82, 2.24) is 19.7 Å². The van der Waals surface area contributed by atoms with Crippen molar-refractivity contribution in [3.63, 3.8) is 0 Å². The van der Waals surface area contributed by atoms with Gasteiger partial charge in [0, 0.05) is 54.4 Å². The maximum absolute atomic E-state index is 5.63. The van der Waals surface area contributed by atoms with Crippen LogP contribution in [-0.4, -0.2) is 40.0 Å². The van der Waals surface area contributed by atoms with Gasteiger partial charge in [0.25, 0.3) is 0 Å². The van der Waals surface area contributed by atoms with E-state index in [4.69, 9.17) is 14.5 Å². The lowest BCUT2D eigenvalue weighted by molar-refractivity contribution is 0.282. The van der Waals surface area contributed by atoms with Gasteiger partial charge in [-0.15, -0.1) is 0 Å². The van der Waals surface area contributed by atoms with Crippen molar-refractivity contribution in [3.8, 4) is 22.8 Å². The maximum atomic E-state index is 5.63. The van der Waals surface area contributed by atoms with Gasteiger partial charge in [0.05, 0.1) is 43.3 Å². The molecule has 1 aliphatic carbocycles. The molecule has 0 bridgehead atoms. The van der Waals surface area contributed by atoms with Crippen LogP contribution in [0.3, 0.4) is 0 Å². The van der Waals surface area contributed by atoms with Gasteiger partial charge in [-0.25, -0.2) is 4.98 Å². The minimum Gasteiger partial charge on any atom is -0.497 e. The smallest absolute Gasteiger partial charge is 0.124 e. The number of fused-ring (bicyclic) bond motifs is 1. The highest BCUT2D eigenvalue weighted by Crippen LogP contribution is 2.40. The van der Waals surface area contributed by atoms with Gasteiger partial charge in [-0.1, -0.05) is 13.8 Å². The number of nitrogens with zero attached hydrogens (tertiary/aromatic N) is 5. The van der Waals surface area contributed by atoms with Gasteiger partial charge in [-0.3, -0.25) is 9.67 Å². The lowest BCUT2D eigenvalue weighted by atomic mass is 9.80. The highest BCUT2D eigenvalue weighted by Gasteiger charge is 2.28. The Kier molecular flexibility index (Phi) is 7.31. The van der Waals surface area contributed by atoms with Crippen LogP contribution in [-0.2, 0) is 7.05 Å². The molecule has 0 N–H and O–H groups in total. The van der Waals surface area contributed by atoms with Crippen molar-refractivity contribution >= 4 is 22.4 Å². The van der Waals surface area contributed by atoms with Crippen molar-refractivity contribution in [2.75, 3.05) is 19.1 Å². The third kappa shape index (κ3) is 5.55. The van der Waals surface area contributed by atoms with E-state index in [1.54, 1.807) is 18.9 Å². The maximum Gasteiger partial charge on any atom is 0.124 e. The Morgan fingerprint density at radius 1 is 0.919 bits per heavy atom. The first-order chi connectivity index (χ1) is 17.9. The Morgan fingerprint density at radius 2 is 1.65 bits per heavy atom. The molecule has 2 aromatic carbocycles. The van der Waals surface area contributed by atoms with Gasteiger partial charge in [-0.05, 0) is 62.1 Å². The number of aromatic nitrogens is 4. The van der Waals surface area contributed by atoms with Gasteiger partial charge in [0.2, 0.25) is 0 Å². The first-order valence-corrected chi connectivity index (χ1v) is 13.2. The molecule has 0 saturated heterocycles. The standard InChI is InChI=1S/C30H37N5O2/c1-20(2)12-21-6-8-23(9-7-21)35(25-13-26(36-4)16-27(14-25)37-5)24-10-11-28-29(15-24)33-30(18-31-28)22-17-32-34(3)19-22/h10-11,13-21,23H,6-9,12H2,1-5H3. The van der Waals surface area contributed by atoms with Crippen molar-refractivity contribution in [1.29, 1.82) is 0 Å². The van der Waals surface area contributed by atoms with E-state index < -0.39 is 0 Å². The summed E-state index contributed by atoms with van der Waals surface area (Å²) in [7, 11) is 5.31. The molecule has 7 heteroatoms. The summed E-state index contributed by atoms with van der Waals surface area (Å²) in [6.07, 6.45) is 11.7. The zero-order chi connectivity index (χ0) is 25.9. The normalized spacial score (nSPS) is 17.8. The van der Waals surface area contributed by atoms with Gasteiger partial charge in [0.1, 0.15) is 11.5 Å². The molecule has 0 atom stereocenters. The molecular weight excluding hydrogens is 462 g/mol. The predicted molar refractivity (Wildman–Crippen MR) is 149 cm³/mol. The van der Waals surface area contributed by atoms with E-state index in [2.05, 4.69) is 59.2 Å². The van der Waals surface area contributed by atoms with E-state index in [0.717, 1.165) is 69.8 Å². The summed E-state index contributed by atoms with van der Waals surface area (Å²) in [4.78, 5) is 12.1. The highest BCUT2D eigenvalue weighted by atomic mass is 16.5. The molecule has 0 unspecified atom stereocenters. The molecule has 0 spiro atoms. The molecule has 1 saturated carbocycles. The first-order valence-electron chi connectivity index (χ1n) is 13.2. The zero-order valence-electron chi connectivity index (χ0n) is 22.5. The average Bonchev–Trinajstić information content (AvgIpc) is 3.35. The lowest BCUT2D eigenvalue weighted by Gasteiger charge is -2.39. The van der Waals surface area contributed by atoms with Crippen molar-refractivity contribution in [2.24, 2.45) is 18.9 Å².